The minimum atomic E-state index is -0.787. The highest BCUT2D eigenvalue weighted by atomic mass is 127. The molecule has 110 valence electrons. The Morgan fingerprint density at radius 3 is 2.52 bits per heavy atom. The first-order chi connectivity index (χ1) is 9.95. The van der Waals surface area contributed by atoms with Crippen LogP contribution in [0, 0.1) is 15.2 Å². The van der Waals surface area contributed by atoms with Gasteiger partial charge in [0.05, 0.1) is 14.8 Å². The Bertz CT molecular complexity index is 733. The third-order valence-corrected chi connectivity index (χ3v) is 3.72. The Hall–Kier alpha value is -1.70. The van der Waals surface area contributed by atoms with Crippen LogP contribution in [0.5, 0.6) is 5.75 Å². The second kappa shape index (κ2) is 6.38. The van der Waals surface area contributed by atoms with E-state index >= 15 is 0 Å². The van der Waals surface area contributed by atoms with Crippen molar-refractivity contribution in [1.29, 1.82) is 0 Å². The van der Waals surface area contributed by atoms with Crippen LogP contribution in [0.2, 0.25) is 0 Å². The first-order valence-electron chi connectivity index (χ1n) is 6.04. The molecule has 0 fully saturated rings. The molecule has 0 aliphatic heterocycles. The molecule has 1 aromatic heterocycles. The Labute approximate surface area is 134 Å². The first kappa shape index (κ1) is 15.7. The fourth-order valence-corrected chi connectivity index (χ4v) is 2.43. The van der Waals surface area contributed by atoms with E-state index in [0.29, 0.717) is 3.57 Å². The number of hydrogen-bond acceptors (Lipinski definition) is 2. The Morgan fingerprint density at radius 2 is 1.95 bits per heavy atom. The molecule has 21 heavy (non-hydrogen) atoms. The molecule has 0 bridgehead atoms. The number of halogens is 3. The van der Waals surface area contributed by atoms with Gasteiger partial charge in [-0.3, -0.25) is 4.79 Å². The van der Waals surface area contributed by atoms with Crippen molar-refractivity contribution in [1.82, 2.24) is 4.57 Å². The van der Waals surface area contributed by atoms with Crippen molar-refractivity contribution < 1.29 is 13.5 Å². The van der Waals surface area contributed by atoms with Gasteiger partial charge < -0.3 is 9.30 Å². The lowest BCUT2D eigenvalue weighted by Gasteiger charge is -2.12. The predicted octanol–water partition coefficient (Wildman–Crippen LogP) is 3.50. The molecule has 1 aromatic carbocycles. The largest absolute Gasteiger partial charge is 0.489 e. The second-order valence-corrected chi connectivity index (χ2v) is 5.45. The molecule has 0 saturated carbocycles. The molecule has 0 saturated heterocycles. The van der Waals surface area contributed by atoms with Gasteiger partial charge in [-0.05, 0) is 34.7 Å². The molecule has 0 spiro atoms. The Balaban J connectivity index is 2.58. The van der Waals surface area contributed by atoms with Crippen LogP contribution in [0.15, 0.2) is 41.7 Å². The molecule has 0 radical (unpaired) electrons. The Morgan fingerprint density at radius 1 is 1.33 bits per heavy atom. The van der Waals surface area contributed by atoms with E-state index < -0.39 is 11.6 Å². The maximum atomic E-state index is 14.2. The summed E-state index contributed by atoms with van der Waals surface area (Å²) < 4.78 is 35.2. The van der Waals surface area contributed by atoms with Crippen molar-refractivity contribution in [2.24, 2.45) is 7.05 Å². The molecular weight excluding hydrogens is 391 g/mol. The number of rotatable bonds is 4. The van der Waals surface area contributed by atoms with Gasteiger partial charge in [-0.15, -0.1) is 0 Å². The van der Waals surface area contributed by atoms with Crippen molar-refractivity contribution >= 4 is 22.6 Å². The van der Waals surface area contributed by atoms with Gasteiger partial charge in [0.1, 0.15) is 24.0 Å². The SMILES string of the molecule is C=CCOc1cc(F)c(-c2ccc(I)c(=O)n2C)c(F)c1. The van der Waals surface area contributed by atoms with E-state index in [9.17, 15) is 13.6 Å². The zero-order chi connectivity index (χ0) is 15.6. The second-order valence-electron chi connectivity index (χ2n) is 4.29. The van der Waals surface area contributed by atoms with Crippen LogP contribution < -0.4 is 10.3 Å². The molecule has 6 heteroatoms. The molecule has 0 N–H and O–H groups in total. The molecular formula is C15H12F2INO2. The maximum absolute atomic E-state index is 14.2. The van der Waals surface area contributed by atoms with Crippen LogP contribution in [0.4, 0.5) is 8.78 Å². The topological polar surface area (TPSA) is 31.2 Å². The van der Waals surface area contributed by atoms with Crippen molar-refractivity contribution in [2.45, 2.75) is 0 Å². The molecule has 0 unspecified atom stereocenters. The van der Waals surface area contributed by atoms with Gasteiger partial charge in [0, 0.05) is 19.2 Å². The Kier molecular flexibility index (Phi) is 4.76. The molecule has 0 atom stereocenters. The summed E-state index contributed by atoms with van der Waals surface area (Å²) in [5, 5.41) is 0. The van der Waals surface area contributed by atoms with Gasteiger partial charge in [0.15, 0.2) is 0 Å². The van der Waals surface area contributed by atoms with Crippen molar-refractivity contribution in [3.63, 3.8) is 0 Å². The minimum Gasteiger partial charge on any atom is -0.489 e. The number of aromatic nitrogens is 1. The summed E-state index contributed by atoms with van der Waals surface area (Å²) in [5.74, 6) is -1.50. The molecule has 2 aromatic rings. The molecule has 0 aliphatic carbocycles. The average Bonchev–Trinajstić information content (AvgIpc) is 2.44. The lowest BCUT2D eigenvalue weighted by Crippen LogP contribution is -2.21. The van der Waals surface area contributed by atoms with E-state index in [0.717, 1.165) is 12.1 Å². The molecule has 3 nitrogen and oxygen atoms in total. The van der Waals surface area contributed by atoms with Crippen LogP contribution in [-0.2, 0) is 7.05 Å². The number of ether oxygens (including phenoxy) is 1. The van der Waals surface area contributed by atoms with E-state index in [-0.39, 0.29) is 29.2 Å². The van der Waals surface area contributed by atoms with Gasteiger partial charge in [-0.25, -0.2) is 8.78 Å². The molecule has 1 heterocycles. The van der Waals surface area contributed by atoms with Gasteiger partial charge in [0.25, 0.3) is 5.56 Å². The van der Waals surface area contributed by atoms with Crippen LogP contribution in [0.1, 0.15) is 0 Å². The van der Waals surface area contributed by atoms with Crippen molar-refractivity contribution in [2.75, 3.05) is 6.61 Å². The summed E-state index contributed by atoms with van der Waals surface area (Å²) in [6.45, 7) is 3.62. The maximum Gasteiger partial charge on any atom is 0.264 e. The average molecular weight is 403 g/mol. The zero-order valence-corrected chi connectivity index (χ0v) is 13.4. The van der Waals surface area contributed by atoms with Gasteiger partial charge >= 0.3 is 0 Å². The van der Waals surface area contributed by atoms with E-state index in [4.69, 9.17) is 4.74 Å². The first-order valence-corrected chi connectivity index (χ1v) is 7.12. The summed E-state index contributed by atoms with van der Waals surface area (Å²) >= 11 is 1.87. The van der Waals surface area contributed by atoms with Gasteiger partial charge in [0.2, 0.25) is 0 Å². The van der Waals surface area contributed by atoms with Gasteiger partial charge in [-0.2, -0.15) is 0 Å². The van der Waals surface area contributed by atoms with Crippen LogP contribution >= 0.6 is 22.6 Å². The lowest BCUT2D eigenvalue weighted by molar-refractivity contribution is 0.358. The summed E-state index contributed by atoms with van der Waals surface area (Å²) in [7, 11) is 1.47. The highest BCUT2D eigenvalue weighted by Gasteiger charge is 2.17. The van der Waals surface area contributed by atoms with E-state index in [2.05, 4.69) is 6.58 Å². The number of benzene rings is 1. The monoisotopic (exact) mass is 403 g/mol. The normalized spacial score (nSPS) is 10.5. The summed E-state index contributed by atoms with van der Waals surface area (Å²) in [6, 6.07) is 5.21. The van der Waals surface area contributed by atoms with Crippen molar-refractivity contribution in [3.8, 4) is 17.0 Å². The highest BCUT2D eigenvalue weighted by molar-refractivity contribution is 14.1. The van der Waals surface area contributed by atoms with Gasteiger partial charge in [-0.1, -0.05) is 12.7 Å². The molecule has 0 aliphatic rings. The fourth-order valence-electron chi connectivity index (χ4n) is 1.89. The third kappa shape index (κ3) is 3.15. The number of pyridine rings is 1. The standard InChI is InChI=1S/C15H12F2INO2/c1-3-6-21-9-7-10(16)14(11(17)8-9)13-5-4-12(18)15(20)19(13)2/h3-5,7-8H,1,6H2,2H3. The van der Waals surface area contributed by atoms with E-state index in [1.54, 1.807) is 0 Å². The zero-order valence-electron chi connectivity index (χ0n) is 11.2. The smallest absolute Gasteiger partial charge is 0.264 e. The summed E-state index contributed by atoms with van der Waals surface area (Å²) in [6.07, 6.45) is 1.48. The van der Waals surface area contributed by atoms with E-state index in [1.165, 1.54) is 29.8 Å². The van der Waals surface area contributed by atoms with Crippen LogP contribution in [0.3, 0.4) is 0 Å². The highest BCUT2D eigenvalue weighted by Crippen LogP contribution is 2.29. The molecule has 2 rings (SSSR count). The molecule has 0 amide bonds. The predicted molar refractivity (Wildman–Crippen MR) is 85.4 cm³/mol. The minimum absolute atomic E-state index is 0.0733. The number of nitrogens with zero attached hydrogens (tertiary/aromatic N) is 1. The summed E-state index contributed by atoms with van der Waals surface area (Å²) in [4.78, 5) is 11.9. The number of hydrogen-bond donors (Lipinski definition) is 0. The fraction of sp³-hybridized carbons (Fsp3) is 0.133. The quantitative estimate of drug-likeness (QED) is 0.578. The van der Waals surface area contributed by atoms with E-state index in [1.807, 2.05) is 22.6 Å². The van der Waals surface area contributed by atoms with Crippen molar-refractivity contribution in [3.05, 3.63) is 62.5 Å². The van der Waals surface area contributed by atoms with Crippen LogP contribution in [0.25, 0.3) is 11.3 Å². The third-order valence-electron chi connectivity index (χ3n) is 2.90. The lowest BCUT2D eigenvalue weighted by atomic mass is 10.1. The van der Waals surface area contributed by atoms with Crippen LogP contribution in [-0.4, -0.2) is 11.2 Å². The summed E-state index contributed by atoms with van der Waals surface area (Å²) in [5.41, 5.74) is -0.387.